The number of carbonyl (C=O) groups is 2. The van der Waals surface area contributed by atoms with Crippen LogP contribution in [-0.4, -0.2) is 42.5 Å². The van der Waals surface area contributed by atoms with Crippen LogP contribution in [-0.2, 0) is 20.7 Å². The fourth-order valence-corrected chi connectivity index (χ4v) is 4.24. The first-order valence-electron chi connectivity index (χ1n) is 10.4. The minimum absolute atomic E-state index is 0.135. The lowest BCUT2D eigenvalue weighted by atomic mass is 9.85. The molecule has 0 bridgehead atoms. The Kier molecular flexibility index (Phi) is 7.27. The van der Waals surface area contributed by atoms with Crippen LogP contribution in [0.25, 0.3) is 0 Å². The normalized spacial score (nSPS) is 21.7. The number of morpholine rings is 1. The quantitative estimate of drug-likeness (QED) is 0.740. The van der Waals surface area contributed by atoms with Gasteiger partial charge in [-0.05, 0) is 43.0 Å². The largest absolute Gasteiger partial charge is 0.463 e. The first kappa shape index (κ1) is 19.9. The number of nitrogens with one attached hydrogen (secondary N) is 1. The third-order valence-corrected chi connectivity index (χ3v) is 5.92. The number of nitrogens with zero attached hydrogens (tertiary/aromatic N) is 1. The molecule has 1 aliphatic heterocycles. The lowest BCUT2D eigenvalue weighted by Gasteiger charge is -2.32. The summed E-state index contributed by atoms with van der Waals surface area (Å²) in [4.78, 5) is 26.3. The average molecular weight is 373 g/mol. The van der Waals surface area contributed by atoms with Crippen LogP contribution in [0.15, 0.2) is 24.3 Å². The molecular formula is C22H32N2O3. The van der Waals surface area contributed by atoms with Gasteiger partial charge in [-0.2, -0.15) is 0 Å². The number of rotatable bonds is 7. The summed E-state index contributed by atoms with van der Waals surface area (Å²) in [5.74, 6) is 0.443. The molecule has 1 aliphatic carbocycles. The Bertz CT molecular complexity index is 623. The maximum atomic E-state index is 12.4. The van der Waals surface area contributed by atoms with Crippen LogP contribution in [0.2, 0.25) is 0 Å². The van der Waals surface area contributed by atoms with E-state index in [1.54, 1.807) is 0 Å². The summed E-state index contributed by atoms with van der Waals surface area (Å²) in [5.41, 5.74) is 2.11. The minimum atomic E-state index is -0.474. The third-order valence-electron chi connectivity index (χ3n) is 5.92. The van der Waals surface area contributed by atoms with Crippen LogP contribution >= 0.6 is 0 Å². The zero-order valence-corrected chi connectivity index (χ0v) is 16.4. The Hall–Kier alpha value is -1.88. The Morgan fingerprint density at radius 1 is 1.19 bits per heavy atom. The van der Waals surface area contributed by atoms with Crippen molar-refractivity contribution in [3.63, 3.8) is 0 Å². The highest BCUT2D eigenvalue weighted by Crippen LogP contribution is 2.27. The molecular weight excluding hydrogens is 340 g/mol. The van der Waals surface area contributed by atoms with Crippen LogP contribution in [0.5, 0.6) is 0 Å². The predicted molar refractivity (Wildman–Crippen MR) is 107 cm³/mol. The van der Waals surface area contributed by atoms with Gasteiger partial charge in [-0.1, -0.05) is 51.2 Å². The summed E-state index contributed by atoms with van der Waals surface area (Å²) in [6, 6.07) is 7.66. The third kappa shape index (κ3) is 5.80. The molecule has 1 heterocycles. The van der Waals surface area contributed by atoms with Gasteiger partial charge < -0.3 is 10.1 Å². The first-order valence-corrected chi connectivity index (χ1v) is 10.4. The summed E-state index contributed by atoms with van der Waals surface area (Å²) in [6.45, 7) is 3.83. The molecule has 3 rings (SSSR count). The van der Waals surface area contributed by atoms with Crippen molar-refractivity contribution >= 4 is 17.6 Å². The molecule has 1 atom stereocenters. The summed E-state index contributed by atoms with van der Waals surface area (Å²) in [7, 11) is 0. The molecule has 148 valence electrons. The molecule has 0 radical (unpaired) electrons. The fraction of sp³-hybridized carbons (Fsp3) is 0.636. The number of hydrogen-bond donors (Lipinski definition) is 1. The van der Waals surface area contributed by atoms with Crippen molar-refractivity contribution in [3.8, 4) is 0 Å². The van der Waals surface area contributed by atoms with Crippen LogP contribution < -0.4 is 5.32 Å². The summed E-state index contributed by atoms with van der Waals surface area (Å²) in [5, 5.41) is 2.91. The van der Waals surface area contributed by atoms with Crippen molar-refractivity contribution in [1.29, 1.82) is 0 Å². The number of likely N-dealkylation sites (N-methyl/N-ethyl adjacent to an activating group) is 1. The van der Waals surface area contributed by atoms with Gasteiger partial charge in [-0.15, -0.1) is 0 Å². The molecule has 5 nitrogen and oxygen atoms in total. The van der Waals surface area contributed by atoms with Crippen molar-refractivity contribution in [1.82, 2.24) is 4.90 Å². The molecule has 0 aromatic heterocycles. The molecule has 1 aromatic rings. The zero-order valence-electron chi connectivity index (χ0n) is 16.4. The lowest BCUT2D eigenvalue weighted by molar-refractivity contribution is -0.158. The molecule has 1 N–H and O–H groups in total. The van der Waals surface area contributed by atoms with Crippen molar-refractivity contribution in [2.45, 2.75) is 64.3 Å². The van der Waals surface area contributed by atoms with Gasteiger partial charge in [0.2, 0.25) is 5.91 Å². The first-order chi connectivity index (χ1) is 13.2. The average Bonchev–Trinajstić information content (AvgIpc) is 2.70. The molecule has 2 fully saturated rings. The molecule has 1 aromatic carbocycles. The van der Waals surface area contributed by atoms with Crippen LogP contribution in [0.4, 0.5) is 5.69 Å². The number of carbonyl (C=O) groups excluding carboxylic acids is 2. The summed E-state index contributed by atoms with van der Waals surface area (Å²) < 4.78 is 5.11. The van der Waals surface area contributed by atoms with E-state index in [0.29, 0.717) is 13.2 Å². The maximum absolute atomic E-state index is 12.4. The smallest absolute Gasteiger partial charge is 0.323 e. The second-order valence-corrected chi connectivity index (χ2v) is 7.80. The van der Waals surface area contributed by atoms with E-state index in [1.807, 2.05) is 24.0 Å². The number of aryl methyl sites for hydroxylation is 1. The minimum Gasteiger partial charge on any atom is -0.463 e. The van der Waals surface area contributed by atoms with Crippen LogP contribution in [0.1, 0.15) is 57.4 Å². The highest BCUT2D eigenvalue weighted by Gasteiger charge is 2.32. The molecule has 0 spiro atoms. The number of esters is 1. The molecule has 27 heavy (non-hydrogen) atoms. The van der Waals surface area contributed by atoms with E-state index in [4.69, 9.17) is 4.74 Å². The second kappa shape index (κ2) is 9.88. The fourth-order valence-electron chi connectivity index (χ4n) is 4.24. The van der Waals surface area contributed by atoms with E-state index in [9.17, 15) is 9.59 Å². The van der Waals surface area contributed by atoms with Gasteiger partial charge in [-0.25, -0.2) is 0 Å². The predicted octanol–water partition coefficient (Wildman–Crippen LogP) is 3.78. The van der Waals surface area contributed by atoms with Crippen LogP contribution in [0.3, 0.4) is 0 Å². The highest BCUT2D eigenvalue weighted by atomic mass is 16.5. The molecule has 1 amide bonds. The molecule has 2 aliphatic rings. The number of amides is 1. The van der Waals surface area contributed by atoms with E-state index in [-0.39, 0.29) is 18.3 Å². The van der Waals surface area contributed by atoms with E-state index < -0.39 is 6.04 Å². The van der Waals surface area contributed by atoms with Crippen molar-refractivity contribution < 1.29 is 14.3 Å². The van der Waals surface area contributed by atoms with E-state index in [2.05, 4.69) is 17.4 Å². The number of ether oxygens (including phenoxy) is 1. The maximum Gasteiger partial charge on any atom is 0.323 e. The Morgan fingerprint density at radius 2 is 1.93 bits per heavy atom. The van der Waals surface area contributed by atoms with Gasteiger partial charge in [-0.3, -0.25) is 14.5 Å². The monoisotopic (exact) mass is 372 g/mol. The van der Waals surface area contributed by atoms with Gasteiger partial charge in [0.1, 0.15) is 12.6 Å². The molecule has 5 heteroatoms. The van der Waals surface area contributed by atoms with E-state index in [1.165, 1.54) is 44.1 Å². The van der Waals surface area contributed by atoms with Crippen molar-refractivity contribution in [2.75, 3.05) is 25.0 Å². The number of anilines is 1. The van der Waals surface area contributed by atoms with Crippen molar-refractivity contribution in [2.24, 2.45) is 5.92 Å². The topological polar surface area (TPSA) is 58.6 Å². The lowest BCUT2D eigenvalue weighted by Crippen LogP contribution is -2.50. The van der Waals surface area contributed by atoms with E-state index in [0.717, 1.165) is 24.6 Å². The van der Waals surface area contributed by atoms with E-state index >= 15 is 0 Å². The number of hydrogen-bond acceptors (Lipinski definition) is 4. The molecule has 1 saturated carbocycles. The summed E-state index contributed by atoms with van der Waals surface area (Å²) >= 11 is 0. The number of benzene rings is 1. The standard InChI is InChI=1S/C22H32N2O3/c1-2-24-14-15-27-22(26)20(24)16-21(25)23-19-12-10-18(11-13-19)9-8-17-6-4-3-5-7-17/h10-13,17,20H,2-9,14-16H2,1H3,(H,23,25). The van der Waals surface area contributed by atoms with Crippen molar-refractivity contribution in [3.05, 3.63) is 29.8 Å². The second-order valence-electron chi connectivity index (χ2n) is 7.80. The van der Waals surface area contributed by atoms with Gasteiger partial charge in [0.25, 0.3) is 0 Å². The van der Waals surface area contributed by atoms with Gasteiger partial charge in [0.15, 0.2) is 0 Å². The van der Waals surface area contributed by atoms with Gasteiger partial charge >= 0.3 is 5.97 Å². The highest BCUT2D eigenvalue weighted by molar-refractivity contribution is 5.94. The Balaban J connectivity index is 1.47. The Labute approximate surface area is 162 Å². The van der Waals surface area contributed by atoms with Crippen LogP contribution in [0, 0.1) is 5.92 Å². The number of cyclic esters (lactones) is 1. The zero-order chi connectivity index (χ0) is 19.1. The molecule has 1 unspecified atom stereocenters. The summed E-state index contributed by atoms with van der Waals surface area (Å²) in [6.07, 6.45) is 9.45. The van der Waals surface area contributed by atoms with Gasteiger partial charge in [0, 0.05) is 12.2 Å². The Morgan fingerprint density at radius 3 is 2.63 bits per heavy atom. The SMILES string of the molecule is CCN1CCOC(=O)C1CC(=O)Nc1ccc(CCC2CCCCC2)cc1. The molecule has 1 saturated heterocycles. The van der Waals surface area contributed by atoms with Gasteiger partial charge in [0.05, 0.1) is 6.42 Å².